The van der Waals surface area contributed by atoms with E-state index in [0.717, 1.165) is 0 Å². The number of halogens is 2. The van der Waals surface area contributed by atoms with Crippen molar-refractivity contribution < 1.29 is 18.7 Å². The standard InChI is InChI=1S/C25H20ClFN6O3S/c1-2-36-24(34)20-19(31-25(35)32-21(20)14-3-5-15(26)6-4-14)12-37-23-18-11-30-33(22(18)28-13-29-23)17-9-7-16(27)8-10-17/h3-11,13,21H,2,12H2,1H3,(H2,31,32,35)/t21-/m1/s1. The highest BCUT2D eigenvalue weighted by Gasteiger charge is 2.33. The van der Waals surface area contributed by atoms with Crippen molar-refractivity contribution in [2.24, 2.45) is 0 Å². The lowest BCUT2D eigenvalue weighted by Crippen LogP contribution is -2.46. The number of rotatable bonds is 7. The lowest BCUT2D eigenvalue weighted by atomic mass is 9.95. The number of benzene rings is 2. The van der Waals surface area contributed by atoms with E-state index in [0.29, 0.717) is 43.6 Å². The third kappa shape index (κ3) is 5.13. The van der Waals surface area contributed by atoms with Crippen molar-refractivity contribution in [2.75, 3.05) is 12.4 Å². The highest BCUT2D eigenvalue weighted by molar-refractivity contribution is 7.99. The van der Waals surface area contributed by atoms with Gasteiger partial charge in [0, 0.05) is 16.5 Å². The van der Waals surface area contributed by atoms with Gasteiger partial charge in [0.25, 0.3) is 0 Å². The predicted octanol–water partition coefficient (Wildman–Crippen LogP) is 4.57. The van der Waals surface area contributed by atoms with Crippen LogP contribution in [0.3, 0.4) is 0 Å². The third-order valence-corrected chi connectivity index (χ3v) is 6.89. The molecule has 0 saturated carbocycles. The highest BCUT2D eigenvalue weighted by atomic mass is 35.5. The Labute approximate surface area is 220 Å². The fourth-order valence-electron chi connectivity index (χ4n) is 3.94. The summed E-state index contributed by atoms with van der Waals surface area (Å²) in [5.41, 5.74) is 2.58. The molecule has 0 unspecified atom stereocenters. The zero-order valence-electron chi connectivity index (χ0n) is 19.4. The number of aromatic nitrogens is 4. The van der Waals surface area contributed by atoms with Crippen molar-refractivity contribution in [1.82, 2.24) is 30.4 Å². The van der Waals surface area contributed by atoms with E-state index in [4.69, 9.17) is 16.3 Å². The number of nitrogens with zero attached hydrogens (tertiary/aromatic N) is 4. The number of hydrogen-bond acceptors (Lipinski definition) is 7. The molecule has 0 fully saturated rings. The van der Waals surface area contributed by atoms with Crippen molar-refractivity contribution in [2.45, 2.75) is 18.0 Å². The fraction of sp³-hybridized carbons (Fsp3) is 0.160. The van der Waals surface area contributed by atoms with Crippen LogP contribution in [-0.4, -0.2) is 44.1 Å². The Kier molecular flexibility index (Phi) is 7.06. The molecule has 188 valence electrons. The van der Waals surface area contributed by atoms with Gasteiger partial charge in [0.05, 0.1) is 35.5 Å². The van der Waals surface area contributed by atoms with Gasteiger partial charge in [-0.25, -0.2) is 28.6 Å². The summed E-state index contributed by atoms with van der Waals surface area (Å²) in [6, 6.07) is 11.6. The molecule has 0 aliphatic carbocycles. The quantitative estimate of drug-likeness (QED) is 0.201. The molecule has 1 aliphatic rings. The molecule has 12 heteroatoms. The van der Waals surface area contributed by atoms with E-state index in [1.807, 2.05) is 0 Å². The smallest absolute Gasteiger partial charge is 0.338 e. The summed E-state index contributed by atoms with van der Waals surface area (Å²) in [4.78, 5) is 34.3. The number of hydrogen-bond donors (Lipinski definition) is 2. The molecule has 2 aromatic carbocycles. The predicted molar refractivity (Wildman–Crippen MR) is 137 cm³/mol. The van der Waals surface area contributed by atoms with Crippen LogP contribution in [0.2, 0.25) is 5.02 Å². The fourth-order valence-corrected chi connectivity index (χ4v) is 4.99. The van der Waals surface area contributed by atoms with E-state index < -0.39 is 18.0 Å². The first-order chi connectivity index (χ1) is 17.9. The number of carbonyl (C=O) groups excluding carboxylic acids is 2. The number of thioether (sulfide) groups is 1. The molecule has 2 amide bonds. The van der Waals surface area contributed by atoms with Gasteiger partial charge in [0.1, 0.15) is 17.2 Å². The Morgan fingerprint density at radius 1 is 1.16 bits per heavy atom. The van der Waals surface area contributed by atoms with Crippen molar-refractivity contribution in [1.29, 1.82) is 0 Å². The van der Waals surface area contributed by atoms with Gasteiger partial charge in [-0.2, -0.15) is 5.10 Å². The van der Waals surface area contributed by atoms with E-state index in [2.05, 4.69) is 25.7 Å². The average Bonchev–Trinajstić information content (AvgIpc) is 3.33. The van der Waals surface area contributed by atoms with Gasteiger partial charge in [-0.15, -0.1) is 0 Å². The minimum atomic E-state index is -0.715. The van der Waals surface area contributed by atoms with Crippen molar-refractivity contribution in [3.63, 3.8) is 0 Å². The summed E-state index contributed by atoms with van der Waals surface area (Å²) in [6.07, 6.45) is 3.03. The third-order valence-electron chi connectivity index (χ3n) is 5.61. The number of esters is 1. The van der Waals surface area contributed by atoms with Crippen molar-refractivity contribution in [3.8, 4) is 5.69 Å². The summed E-state index contributed by atoms with van der Waals surface area (Å²) < 4.78 is 20.3. The van der Waals surface area contributed by atoms with Crippen LogP contribution in [0.25, 0.3) is 16.7 Å². The second kappa shape index (κ2) is 10.6. The van der Waals surface area contributed by atoms with Crippen LogP contribution in [-0.2, 0) is 9.53 Å². The Balaban J connectivity index is 1.49. The topological polar surface area (TPSA) is 111 Å². The number of carbonyl (C=O) groups is 2. The first-order valence-electron chi connectivity index (χ1n) is 11.2. The first-order valence-corrected chi connectivity index (χ1v) is 12.6. The van der Waals surface area contributed by atoms with Gasteiger partial charge >= 0.3 is 12.0 Å². The van der Waals surface area contributed by atoms with Gasteiger partial charge in [-0.05, 0) is 48.9 Å². The average molecular weight is 539 g/mol. The number of amides is 2. The lowest BCUT2D eigenvalue weighted by Gasteiger charge is -2.29. The van der Waals surface area contributed by atoms with Crippen molar-refractivity contribution in [3.05, 3.63) is 88.7 Å². The Morgan fingerprint density at radius 3 is 2.65 bits per heavy atom. The molecule has 5 rings (SSSR count). The van der Waals surface area contributed by atoms with Gasteiger partial charge < -0.3 is 15.4 Å². The van der Waals surface area contributed by atoms with Crippen LogP contribution in [0.1, 0.15) is 18.5 Å². The largest absolute Gasteiger partial charge is 0.463 e. The Hall–Kier alpha value is -3.96. The zero-order valence-corrected chi connectivity index (χ0v) is 21.0. The molecule has 3 heterocycles. The van der Waals surface area contributed by atoms with E-state index >= 15 is 0 Å². The van der Waals surface area contributed by atoms with Gasteiger partial charge in [0.2, 0.25) is 0 Å². The SMILES string of the molecule is CCOC(=O)C1=C(CSc2ncnc3c2cnn3-c2ccc(F)cc2)NC(=O)N[C@@H]1c1ccc(Cl)cc1. The molecule has 4 aromatic rings. The van der Waals surface area contributed by atoms with Gasteiger partial charge in [-0.3, -0.25) is 0 Å². The lowest BCUT2D eigenvalue weighted by molar-refractivity contribution is -0.139. The maximum absolute atomic E-state index is 13.4. The van der Waals surface area contributed by atoms with Crippen LogP contribution in [0.4, 0.5) is 9.18 Å². The van der Waals surface area contributed by atoms with Crippen LogP contribution in [0.5, 0.6) is 0 Å². The van der Waals surface area contributed by atoms with Crippen LogP contribution < -0.4 is 10.6 Å². The number of nitrogens with one attached hydrogen (secondary N) is 2. The highest BCUT2D eigenvalue weighted by Crippen LogP contribution is 2.32. The molecule has 1 atom stereocenters. The van der Waals surface area contributed by atoms with E-state index in [-0.39, 0.29) is 18.2 Å². The normalized spacial score (nSPS) is 15.4. The zero-order chi connectivity index (χ0) is 25.9. The first kappa shape index (κ1) is 24.7. The monoisotopic (exact) mass is 538 g/mol. The minimum absolute atomic E-state index is 0.180. The van der Waals surface area contributed by atoms with Crippen LogP contribution >= 0.6 is 23.4 Å². The second-order valence-electron chi connectivity index (χ2n) is 7.93. The Morgan fingerprint density at radius 2 is 1.92 bits per heavy atom. The summed E-state index contributed by atoms with van der Waals surface area (Å²) in [5.74, 6) is -0.667. The maximum Gasteiger partial charge on any atom is 0.338 e. The van der Waals surface area contributed by atoms with Crippen molar-refractivity contribution >= 4 is 46.4 Å². The molecule has 37 heavy (non-hydrogen) atoms. The maximum atomic E-state index is 13.4. The van der Waals surface area contributed by atoms with E-state index in [1.54, 1.807) is 54.2 Å². The molecule has 9 nitrogen and oxygen atoms in total. The summed E-state index contributed by atoms with van der Waals surface area (Å²) in [5, 5.41) is 11.8. The summed E-state index contributed by atoms with van der Waals surface area (Å²) in [7, 11) is 0. The van der Waals surface area contributed by atoms with E-state index in [1.165, 1.54) is 30.2 Å². The molecule has 2 N–H and O–H groups in total. The van der Waals surface area contributed by atoms with E-state index in [9.17, 15) is 14.0 Å². The minimum Gasteiger partial charge on any atom is -0.463 e. The molecule has 0 spiro atoms. The van der Waals surface area contributed by atoms with Crippen LogP contribution in [0, 0.1) is 5.82 Å². The summed E-state index contributed by atoms with van der Waals surface area (Å²) >= 11 is 7.34. The molecule has 0 saturated heterocycles. The number of fused-ring (bicyclic) bond motifs is 1. The Bertz CT molecular complexity index is 1510. The number of ether oxygens (including phenoxy) is 1. The summed E-state index contributed by atoms with van der Waals surface area (Å²) in [6.45, 7) is 1.90. The second-order valence-corrected chi connectivity index (χ2v) is 9.33. The molecule has 0 radical (unpaired) electrons. The molecular weight excluding hydrogens is 519 g/mol. The molecule has 2 aromatic heterocycles. The molecular formula is C25H20ClFN6O3S. The van der Waals surface area contributed by atoms with Gasteiger partial charge in [0.15, 0.2) is 5.65 Å². The van der Waals surface area contributed by atoms with Crippen LogP contribution in [0.15, 0.2) is 77.4 Å². The molecule has 1 aliphatic heterocycles. The number of urea groups is 1. The molecule has 0 bridgehead atoms. The van der Waals surface area contributed by atoms with Gasteiger partial charge in [-0.1, -0.05) is 35.5 Å².